The number of carbonyl (C=O) groups is 1. The van der Waals surface area contributed by atoms with Crippen LogP contribution in [0.5, 0.6) is 0 Å². The molecule has 0 atom stereocenters. The molecule has 1 aliphatic rings. The van der Waals surface area contributed by atoms with Crippen LogP contribution in [0, 0.1) is 5.92 Å². The van der Waals surface area contributed by atoms with Gasteiger partial charge in [-0.05, 0) is 18.8 Å². The van der Waals surface area contributed by atoms with E-state index in [1.165, 1.54) is 31.8 Å². The molecule has 1 aromatic heterocycles. The highest BCUT2D eigenvalue weighted by atomic mass is 32.2. The van der Waals surface area contributed by atoms with Gasteiger partial charge >= 0.3 is 5.97 Å². The van der Waals surface area contributed by atoms with Gasteiger partial charge in [0, 0.05) is 19.6 Å². The van der Waals surface area contributed by atoms with E-state index < -0.39 is 9.87 Å². The van der Waals surface area contributed by atoms with E-state index in [0.717, 1.165) is 31.1 Å². The Morgan fingerprint density at radius 3 is 2.81 bits per heavy atom. The van der Waals surface area contributed by atoms with E-state index in [-0.39, 0.29) is 5.97 Å². The molecule has 0 bridgehead atoms. The number of nitrogens with zero attached hydrogens (tertiary/aromatic N) is 2. The Bertz CT molecular complexity index is 596. The van der Waals surface area contributed by atoms with Crippen molar-refractivity contribution >= 4 is 39.4 Å². The fourth-order valence-corrected chi connectivity index (χ4v) is 3.63. The molecule has 0 aromatic carbocycles. The van der Waals surface area contributed by atoms with Crippen LogP contribution < -0.4 is 9.62 Å². The van der Waals surface area contributed by atoms with Crippen LogP contribution in [-0.2, 0) is 14.6 Å². The van der Waals surface area contributed by atoms with Gasteiger partial charge in [-0.15, -0.1) is 0 Å². The minimum Gasteiger partial charge on any atom is -0.465 e. The zero-order valence-corrected chi connectivity index (χ0v) is 13.7. The van der Waals surface area contributed by atoms with E-state index >= 15 is 0 Å². The molecule has 0 spiro atoms. The molecule has 7 nitrogen and oxygen atoms in total. The Hall–Kier alpha value is -1.13. The molecule has 2 rings (SSSR count). The lowest BCUT2D eigenvalue weighted by Crippen LogP contribution is -2.38. The molecular weight excluding hydrogens is 313 g/mol. The number of hydrogen-bond donors (Lipinski definition) is 1. The molecule has 0 radical (unpaired) electrons. The monoisotopic (exact) mass is 331 g/mol. The molecule has 1 aromatic rings. The van der Waals surface area contributed by atoms with Crippen LogP contribution in [0.1, 0.15) is 22.5 Å². The summed E-state index contributed by atoms with van der Waals surface area (Å²) >= 11 is 1.32. The number of esters is 1. The zero-order valence-electron chi connectivity index (χ0n) is 12.0. The van der Waals surface area contributed by atoms with Gasteiger partial charge in [0.25, 0.3) is 7.12 Å². The summed E-state index contributed by atoms with van der Waals surface area (Å²) in [6, 6.07) is 0. The number of ether oxygens (including phenoxy) is 1. The van der Waals surface area contributed by atoms with Gasteiger partial charge in [0.05, 0.1) is 13.3 Å². The minimum atomic E-state index is -3.12. The molecule has 0 unspecified atom stereocenters. The van der Waals surface area contributed by atoms with Gasteiger partial charge in [-0.3, -0.25) is 0 Å². The van der Waals surface area contributed by atoms with E-state index in [1.54, 1.807) is 0 Å². The van der Waals surface area contributed by atoms with Crippen LogP contribution in [0.4, 0.5) is 5.13 Å². The molecule has 2 heterocycles. The van der Waals surface area contributed by atoms with E-state index in [2.05, 4.69) is 19.3 Å². The Morgan fingerprint density at radius 2 is 2.24 bits per heavy atom. The van der Waals surface area contributed by atoms with Crippen LogP contribution in [0.3, 0.4) is 0 Å². The van der Waals surface area contributed by atoms with Gasteiger partial charge < -0.3 is 9.64 Å². The summed E-state index contributed by atoms with van der Waals surface area (Å²) in [4.78, 5) is 18.3. The fourth-order valence-electron chi connectivity index (χ4n) is 2.20. The topological polar surface area (TPSA) is 88.6 Å². The molecule has 1 fully saturated rings. The first-order valence-electron chi connectivity index (χ1n) is 6.63. The van der Waals surface area contributed by atoms with Crippen LogP contribution in [0.25, 0.3) is 0 Å². The van der Waals surface area contributed by atoms with Crippen LogP contribution in [-0.4, -0.2) is 53.2 Å². The fraction of sp³-hybridized carbons (Fsp3) is 0.636. The molecule has 10 heteroatoms. The highest BCUT2D eigenvalue weighted by molar-refractivity contribution is 8.10. The first-order chi connectivity index (χ1) is 9.89. The second kappa shape index (κ2) is 6.76. The Labute approximate surface area is 129 Å². The van der Waals surface area contributed by atoms with Gasteiger partial charge in [-0.25, -0.2) is 22.9 Å². The van der Waals surface area contributed by atoms with Crippen molar-refractivity contribution in [2.75, 3.05) is 31.6 Å². The van der Waals surface area contributed by atoms with Gasteiger partial charge in [0.15, 0.2) is 15.0 Å². The molecule has 1 N–H and O–H groups in total. The summed E-state index contributed by atoms with van der Waals surface area (Å²) in [5.74, 6) is -0.0259. The van der Waals surface area contributed by atoms with Gasteiger partial charge in [0.2, 0.25) is 0 Å². The van der Waals surface area contributed by atoms with E-state index in [9.17, 15) is 13.2 Å². The first kappa shape index (κ1) is 16.2. The third-order valence-corrected chi connectivity index (χ3v) is 5.13. The number of thiazole rings is 1. The molecule has 0 amide bonds. The maximum atomic E-state index is 11.4. The normalized spacial score (nSPS) is 16.9. The van der Waals surface area contributed by atoms with E-state index in [1.807, 2.05) is 0 Å². The lowest BCUT2D eigenvalue weighted by molar-refractivity contribution is 0.0606. The number of nitrogens with one attached hydrogen (secondary N) is 1. The van der Waals surface area contributed by atoms with Crippen molar-refractivity contribution in [1.29, 1.82) is 0 Å². The maximum absolute atomic E-state index is 11.4. The molecule has 116 valence electrons. The minimum absolute atomic E-state index is 0.344. The molecule has 0 saturated carbocycles. The van der Waals surface area contributed by atoms with Gasteiger partial charge in [-0.1, -0.05) is 11.3 Å². The summed E-state index contributed by atoms with van der Waals surface area (Å²) in [7, 11) is -0.602. The first-order valence-corrected chi connectivity index (χ1v) is 9.33. The van der Waals surface area contributed by atoms with Crippen molar-refractivity contribution in [1.82, 2.24) is 9.71 Å². The highest BCUT2D eigenvalue weighted by Crippen LogP contribution is 2.27. The number of methoxy groups -OCH3 is 1. The highest BCUT2D eigenvalue weighted by Gasteiger charge is 2.23. The zero-order chi connectivity index (χ0) is 15.5. The smallest absolute Gasteiger partial charge is 0.349 e. The third kappa shape index (κ3) is 4.68. The number of aromatic nitrogens is 1. The summed E-state index contributed by atoms with van der Waals surface area (Å²) in [5.41, 5.74) is 0. The SMILES string of the molecule is BS(=O)(=O)NCC1CCN(c2ncc(C(=O)OC)s2)CC1. The Morgan fingerprint density at radius 1 is 1.57 bits per heavy atom. The number of carbonyl (C=O) groups excluding carboxylic acids is 1. The number of anilines is 1. The van der Waals surface area contributed by atoms with Gasteiger partial charge in [0.1, 0.15) is 4.88 Å². The maximum Gasteiger partial charge on any atom is 0.349 e. The number of rotatable bonds is 5. The summed E-state index contributed by atoms with van der Waals surface area (Å²) in [6.07, 6.45) is 3.33. The van der Waals surface area contributed by atoms with Crippen LogP contribution >= 0.6 is 11.3 Å². The van der Waals surface area contributed by atoms with Gasteiger partial charge in [-0.2, -0.15) is 0 Å². The second-order valence-corrected chi connectivity index (χ2v) is 7.89. The standard InChI is InChI=1S/C11H18BN3O4S2/c1-19-10(16)9-7-13-11(20-9)15-4-2-8(3-5-15)6-14-21(12,17)18/h7-8,14H,2-6,12H2,1H3. The summed E-state index contributed by atoms with van der Waals surface area (Å²) < 4.78 is 29.4. The van der Waals surface area contributed by atoms with Crippen molar-refractivity contribution in [3.8, 4) is 0 Å². The molecule has 1 saturated heterocycles. The van der Waals surface area contributed by atoms with Crippen molar-refractivity contribution in [3.63, 3.8) is 0 Å². The Kier molecular flexibility index (Phi) is 5.23. The van der Waals surface area contributed by atoms with Crippen molar-refractivity contribution in [3.05, 3.63) is 11.1 Å². The molecular formula is C11H18BN3O4S2. The quantitative estimate of drug-likeness (QED) is 0.584. The molecule has 0 aliphatic carbocycles. The number of hydrogen-bond acceptors (Lipinski definition) is 7. The summed E-state index contributed by atoms with van der Waals surface area (Å²) in [5, 5.41) is 0.810. The summed E-state index contributed by atoms with van der Waals surface area (Å²) in [6.45, 7) is 2.10. The number of piperidine rings is 1. The third-order valence-electron chi connectivity index (χ3n) is 3.40. The van der Waals surface area contributed by atoms with E-state index in [0.29, 0.717) is 17.3 Å². The molecule has 21 heavy (non-hydrogen) atoms. The van der Waals surface area contributed by atoms with Crippen molar-refractivity contribution in [2.24, 2.45) is 5.92 Å². The van der Waals surface area contributed by atoms with Crippen LogP contribution in [0.2, 0.25) is 0 Å². The van der Waals surface area contributed by atoms with Crippen molar-refractivity contribution < 1.29 is 17.9 Å². The largest absolute Gasteiger partial charge is 0.465 e. The lowest BCUT2D eigenvalue weighted by atomic mass is 9.97. The average Bonchev–Trinajstić information content (AvgIpc) is 2.94. The lowest BCUT2D eigenvalue weighted by Gasteiger charge is -2.31. The van der Waals surface area contributed by atoms with E-state index in [4.69, 9.17) is 0 Å². The average molecular weight is 331 g/mol. The second-order valence-electron chi connectivity index (χ2n) is 5.05. The van der Waals surface area contributed by atoms with Crippen LogP contribution in [0.15, 0.2) is 6.20 Å². The predicted octanol–water partition coefficient (Wildman–Crippen LogP) is -0.386. The Balaban J connectivity index is 1.86. The van der Waals surface area contributed by atoms with Crippen molar-refractivity contribution in [2.45, 2.75) is 12.8 Å². The predicted molar refractivity (Wildman–Crippen MR) is 83.9 cm³/mol. The molecule has 1 aliphatic heterocycles.